The minimum atomic E-state index is -4.77. The SMILES string of the molecule is O=C(O)CCNC(=O)c1ccc(Cn2nc(-c3ccc(OC(F)(F)F)cc3)cc2C2=CCCC=N2)cc1. The van der Waals surface area contributed by atoms with Crippen LogP contribution in [0.15, 0.2) is 65.7 Å². The molecule has 2 heterocycles. The zero-order valence-electron chi connectivity index (χ0n) is 19.5. The molecular weight excluding hydrogens is 489 g/mol. The van der Waals surface area contributed by atoms with Gasteiger partial charge in [0.2, 0.25) is 0 Å². The zero-order chi connectivity index (χ0) is 26.4. The van der Waals surface area contributed by atoms with Crippen LogP contribution in [0.4, 0.5) is 13.2 Å². The number of aliphatic carboxylic acids is 1. The Balaban J connectivity index is 1.55. The summed E-state index contributed by atoms with van der Waals surface area (Å²) >= 11 is 0. The number of aromatic nitrogens is 2. The van der Waals surface area contributed by atoms with E-state index in [4.69, 9.17) is 5.11 Å². The normalized spacial score (nSPS) is 13.2. The Morgan fingerprint density at radius 2 is 1.78 bits per heavy atom. The second-order valence-electron chi connectivity index (χ2n) is 8.22. The molecule has 0 radical (unpaired) electrons. The number of ether oxygens (including phenoxy) is 1. The van der Waals surface area contributed by atoms with Crippen molar-refractivity contribution in [3.8, 4) is 17.0 Å². The summed E-state index contributed by atoms with van der Waals surface area (Å²) in [5.74, 6) is -1.68. The van der Waals surface area contributed by atoms with Gasteiger partial charge in [0.15, 0.2) is 0 Å². The zero-order valence-corrected chi connectivity index (χ0v) is 19.5. The highest BCUT2D eigenvalue weighted by Crippen LogP contribution is 2.29. The minimum Gasteiger partial charge on any atom is -0.481 e. The van der Waals surface area contributed by atoms with E-state index in [9.17, 15) is 22.8 Å². The second kappa shape index (κ2) is 11.1. The molecule has 8 nitrogen and oxygen atoms in total. The fraction of sp³-hybridized carbons (Fsp3) is 0.231. The van der Waals surface area contributed by atoms with Crippen molar-refractivity contribution in [2.45, 2.75) is 32.2 Å². The van der Waals surface area contributed by atoms with Crippen LogP contribution in [0.2, 0.25) is 0 Å². The number of amides is 1. The molecule has 0 fully saturated rings. The Labute approximate surface area is 210 Å². The van der Waals surface area contributed by atoms with Gasteiger partial charge in [-0.05, 0) is 60.9 Å². The first-order valence-electron chi connectivity index (χ1n) is 11.4. The van der Waals surface area contributed by atoms with Gasteiger partial charge >= 0.3 is 12.3 Å². The van der Waals surface area contributed by atoms with E-state index in [0.717, 1.165) is 29.8 Å². The van der Waals surface area contributed by atoms with Gasteiger partial charge in [-0.25, -0.2) is 0 Å². The number of benzene rings is 2. The number of nitrogens with zero attached hydrogens (tertiary/aromatic N) is 3. The number of carboxylic acids is 1. The van der Waals surface area contributed by atoms with Gasteiger partial charge in [-0.15, -0.1) is 13.2 Å². The van der Waals surface area contributed by atoms with Crippen LogP contribution in [0.1, 0.15) is 40.9 Å². The van der Waals surface area contributed by atoms with E-state index in [1.165, 1.54) is 24.3 Å². The monoisotopic (exact) mass is 512 g/mol. The van der Waals surface area contributed by atoms with Crippen LogP contribution in [0.5, 0.6) is 5.75 Å². The van der Waals surface area contributed by atoms with Crippen molar-refractivity contribution < 1.29 is 32.6 Å². The fourth-order valence-electron chi connectivity index (χ4n) is 3.71. The molecule has 1 aliphatic rings. The molecule has 1 aliphatic heterocycles. The van der Waals surface area contributed by atoms with Gasteiger partial charge in [-0.1, -0.05) is 18.2 Å². The van der Waals surface area contributed by atoms with Gasteiger partial charge in [-0.3, -0.25) is 19.3 Å². The topological polar surface area (TPSA) is 106 Å². The summed E-state index contributed by atoms with van der Waals surface area (Å²) in [6.07, 6.45) is 0.562. The van der Waals surface area contributed by atoms with E-state index >= 15 is 0 Å². The molecule has 0 saturated carbocycles. The van der Waals surface area contributed by atoms with E-state index in [-0.39, 0.29) is 24.6 Å². The van der Waals surface area contributed by atoms with Gasteiger partial charge in [0.1, 0.15) is 5.75 Å². The first-order valence-corrected chi connectivity index (χ1v) is 11.4. The lowest BCUT2D eigenvalue weighted by Crippen LogP contribution is -2.25. The number of hydrogen-bond acceptors (Lipinski definition) is 5. The summed E-state index contributed by atoms with van der Waals surface area (Å²) in [5.41, 5.74) is 3.92. The highest BCUT2D eigenvalue weighted by atomic mass is 19.4. The molecule has 2 N–H and O–H groups in total. The Kier molecular flexibility index (Phi) is 7.71. The number of carboxylic acid groups (broad SMARTS) is 1. The number of nitrogens with one attached hydrogen (secondary N) is 1. The molecule has 4 rings (SSSR count). The lowest BCUT2D eigenvalue weighted by molar-refractivity contribution is -0.274. The van der Waals surface area contributed by atoms with Gasteiger partial charge in [0.05, 0.1) is 30.1 Å². The molecule has 0 bridgehead atoms. The Morgan fingerprint density at radius 3 is 2.41 bits per heavy atom. The van der Waals surface area contributed by atoms with Crippen molar-refractivity contribution in [1.29, 1.82) is 0 Å². The number of hydrogen-bond donors (Lipinski definition) is 2. The van der Waals surface area contributed by atoms with E-state index in [2.05, 4.69) is 20.1 Å². The van der Waals surface area contributed by atoms with Crippen LogP contribution >= 0.6 is 0 Å². The summed E-state index contributed by atoms with van der Waals surface area (Å²) in [6, 6.07) is 14.2. The standard InChI is InChI=1S/C26H23F3N4O4/c27-26(28,29)37-20-10-8-18(9-11-20)22-15-23(21-3-1-2-13-30-21)33(32-22)16-17-4-6-19(7-5-17)25(36)31-14-12-24(34)35/h3-11,13,15H,1-2,12,14,16H2,(H,31,36)(H,34,35). The van der Waals surface area contributed by atoms with Crippen molar-refractivity contribution >= 4 is 23.8 Å². The van der Waals surface area contributed by atoms with E-state index in [0.29, 0.717) is 23.4 Å². The summed E-state index contributed by atoms with van der Waals surface area (Å²) in [7, 11) is 0. The van der Waals surface area contributed by atoms with Gasteiger partial charge in [0, 0.05) is 23.9 Å². The molecule has 2 aromatic carbocycles. The molecule has 11 heteroatoms. The summed E-state index contributed by atoms with van der Waals surface area (Å²) in [4.78, 5) is 27.3. The molecular formula is C26H23F3N4O4. The van der Waals surface area contributed by atoms with Crippen LogP contribution in [-0.4, -0.2) is 45.9 Å². The molecule has 0 unspecified atom stereocenters. The predicted molar refractivity (Wildman–Crippen MR) is 130 cm³/mol. The molecule has 1 amide bonds. The molecule has 0 atom stereocenters. The highest BCUT2D eigenvalue weighted by Gasteiger charge is 2.31. The number of allylic oxidation sites excluding steroid dienone is 1. The minimum absolute atomic E-state index is 0.0360. The largest absolute Gasteiger partial charge is 0.573 e. The summed E-state index contributed by atoms with van der Waals surface area (Å²) in [6.45, 7) is 0.395. The van der Waals surface area contributed by atoms with Crippen molar-refractivity contribution in [3.63, 3.8) is 0 Å². The van der Waals surface area contributed by atoms with Crippen molar-refractivity contribution in [3.05, 3.63) is 77.5 Å². The third kappa shape index (κ3) is 7.06. The predicted octanol–water partition coefficient (Wildman–Crippen LogP) is 4.91. The van der Waals surface area contributed by atoms with Crippen LogP contribution in [0.3, 0.4) is 0 Å². The lowest BCUT2D eigenvalue weighted by atomic mass is 10.1. The maximum Gasteiger partial charge on any atom is 0.573 e. The number of rotatable bonds is 9. The quantitative estimate of drug-likeness (QED) is 0.424. The molecule has 37 heavy (non-hydrogen) atoms. The third-order valence-corrected chi connectivity index (χ3v) is 5.46. The Bertz CT molecular complexity index is 1330. The molecule has 0 spiro atoms. The highest BCUT2D eigenvalue weighted by molar-refractivity contribution is 5.94. The smallest absolute Gasteiger partial charge is 0.481 e. The van der Waals surface area contributed by atoms with Gasteiger partial charge < -0.3 is 15.2 Å². The van der Waals surface area contributed by atoms with Crippen LogP contribution in [0.25, 0.3) is 17.0 Å². The van der Waals surface area contributed by atoms with Crippen molar-refractivity contribution in [1.82, 2.24) is 15.1 Å². The van der Waals surface area contributed by atoms with Gasteiger partial charge in [0.25, 0.3) is 5.91 Å². The number of alkyl halides is 3. The number of halogens is 3. The van der Waals surface area contributed by atoms with Gasteiger partial charge in [-0.2, -0.15) is 5.10 Å². The summed E-state index contributed by atoms with van der Waals surface area (Å²) < 4.78 is 43.2. The maximum absolute atomic E-state index is 12.5. The molecule has 1 aromatic heterocycles. The average Bonchev–Trinajstić information content (AvgIpc) is 3.28. The fourth-order valence-corrected chi connectivity index (χ4v) is 3.71. The third-order valence-electron chi connectivity index (χ3n) is 5.46. The van der Waals surface area contributed by atoms with E-state index in [1.54, 1.807) is 28.9 Å². The van der Waals surface area contributed by atoms with Crippen LogP contribution < -0.4 is 10.1 Å². The summed E-state index contributed by atoms with van der Waals surface area (Å²) in [5, 5.41) is 15.9. The maximum atomic E-state index is 12.5. The molecule has 0 saturated heterocycles. The first-order chi connectivity index (χ1) is 17.7. The average molecular weight is 512 g/mol. The number of aliphatic imine (C=N–C) groups is 1. The Morgan fingerprint density at radius 1 is 1.05 bits per heavy atom. The molecule has 0 aliphatic carbocycles. The molecule has 192 valence electrons. The van der Waals surface area contributed by atoms with Crippen LogP contribution in [0, 0.1) is 0 Å². The van der Waals surface area contributed by atoms with E-state index in [1.807, 2.05) is 18.4 Å². The van der Waals surface area contributed by atoms with E-state index < -0.39 is 12.3 Å². The number of carbonyl (C=O) groups excluding carboxylic acids is 1. The lowest BCUT2D eigenvalue weighted by Gasteiger charge is -2.11. The van der Waals surface area contributed by atoms with Crippen molar-refractivity contribution in [2.75, 3.05) is 6.54 Å². The van der Waals surface area contributed by atoms with Crippen molar-refractivity contribution in [2.24, 2.45) is 4.99 Å². The molecule has 3 aromatic rings. The Hall–Kier alpha value is -4.41. The number of carbonyl (C=O) groups is 2. The first kappa shape index (κ1) is 25.7. The van der Waals surface area contributed by atoms with Crippen LogP contribution in [-0.2, 0) is 11.3 Å². The second-order valence-corrected chi connectivity index (χ2v) is 8.22.